The van der Waals surface area contributed by atoms with E-state index in [4.69, 9.17) is 10.8 Å². The standard InChI is InChI=1S/C19H28N6O7/c1-10(20)16(28)24-13(7-11-8-21-9-22-11)18(30)25-6-2-3-14(25)17(29)23-12(19(31)32)4-5-15(26)27/h8-10,12-14H,2-7,20H2,1H3,(H,21,22)(H,23,29)(H,24,28)(H,26,27)(H,31,32). The molecule has 3 amide bonds. The second kappa shape index (κ2) is 11.2. The first-order valence-electron chi connectivity index (χ1n) is 10.2. The Morgan fingerprint density at radius 2 is 1.97 bits per heavy atom. The maximum Gasteiger partial charge on any atom is 0.326 e. The van der Waals surface area contributed by atoms with Crippen molar-refractivity contribution in [1.29, 1.82) is 0 Å². The molecule has 1 aromatic heterocycles. The molecule has 0 radical (unpaired) electrons. The lowest BCUT2D eigenvalue weighted by Gasteiger charge is -2.29. The fraction of sp³-hybridized carbons (Fsp3) is 0.579. The summed E-state index contributed by atoms with van der Waals surface area (Å²) in [6.45, 7) is 1.72. The van der Waals surface area contributed by atoms with Crippen LogP contribution in [0.1, 0.15) is 38.3 Å². The van der Waals surface area contributed by atoms with Crippen molar-refractivity contribution in [2.45, 2.75) is 63.2 Å². The van der Waals surface area contributed by atoms with Gasteiger partial charge in [-0.2, -0.15) is 0 Å². The van der Waals surface area contributed by atoms with E-state index in [0.717, 1.165) is 0 Å². The zero-order valence-corrected chi connectivity index (χ0v) is 17.6. The van der Waals surface area contributed by atoms with Crippen LogP contribution in [0, 0.1) is 0 Å². The Hall–Kier alpha value is -3.48. The molecule has 13 heteroatoms. The number of carboxylic acid groups (broad SMARTS) is 2. The first kappa shape index (κ1) is 24.8. The Morgan fingerprint density at radius 3 is 2.53 bits per heavy atom. The predicted molar refractivity (Wildman–Crippen MR) is 109 cm³/mol. The highest BCUT2D eigenvalue weighted by Crippen LogP contribution is 2.20. The molecule has 2 rings (SSSR count). The zero-order chi connectivity index (χ0) is 23.8. The minimum absolute atomic E-state index is 0.0957. The zero-order valence-electron chi connectivity index (χ0n) is 17.6. The quantitative estimate of drug-likeness (QED) is 0.224. The van der Waals surface area contributed by atoms with E-state index >= 15 is 0 Å². The van der Waals surface area contributed by atoms with Gasteiger partial charge in [-0.3, -0.25) is 19.2 Å². The van der Waals surface area contributed by atoms with Crippen molar-refractivity contribution in [2.24, 2.45) is 5.73 Å². The number of nitrogens with one attached hydrogen (secondary N) is 3. The SMILES string of the molecule is CC(N)C(=O)NC(Cc1cnc[nH]1)C(=O)N1CCCC1C(=O)NC(CCC(=O)O)C(=O)O. The van der Waals surface area contributed by atoms with E-state index in [0.29, 0.717) is 18.5 Å². The third-order valence-corrected chi connectivity index (χ3v) is 5.11. The number of H-pyrrole nitrogens is 1. The van der Waals surface area contributed by atoms with Crippen molar-refractivity contribution >= 4 is 29.7 Å². The van der Waals surface area contributed by atoms with Gasteiger partial charge in [-0.25, -0.2) is 9.78 Å². The van der Waals surface area contributed by atoms with Crippen LogP contribution in [0.15, 0.2) is 12.5 Å². The van der Waals surface area contributed by atoms with E-state index in [1.807, 2.05) is 0 Å². The highest BCUT2D eigenvalue weighted by Gasteiger charge is 2.39. The number of aromatic amines is 1. The maximum absolute atomic E-state index is 13.2. The van der Waals surface area contributed by atoms with Crippen LogP contribution < -0.4 is 16.4 Å². The lowest BCUT2D eigenvalue weighted by Crippen LogP contribution is -2.57. The van der Waals surface area contributed by atoms with E-state index in [2.05, 4.69) is 20.6 Å². The number of rotatable bonds is 11. The molecule has 2 heterocycles. The molecule has 0 saturated carbocycles. The average molecular weight is 452 g/mol. The number of amides is 3. The van der Waals surface area contributed by atoms with E-state index in [9.17, 15) is 29.1 Å². The number of nitrogens with zero attached hydrogens (tertiary/aromatic N) is 2. The van der Waals surface area contributed by atoms with Crippen LogP contribution in [-0.2, 0) is 30.4 Å². The monoisotopic (exact) mass is 452 g/mol. The van der Waals surface area contributed by atoms with E-state index < -0.39 is 60.2 Å². The molecule has 1 fully saturated rings. The summed E-state index contributed by atoms with van der Waals surface area (Å²) in [6, 6.07) is -4.19. The van der Waals surface area contributed by atoms with E-state index in [1.54, 1.807) is 0 Å². The Bertz CT molecular complexity index is 841. The molecule has 1 aliphatic heterocycles. The molecule has 1 aliphatic rings. The molecular weight excluding hydrogens is 424 g/mol. The molecule has 32 heavy (non-hydrogen) atoms. The van der Waals surface area contributed by atoms with Crippen LogP contribution in [0.4, 0.5) is 0 Å². The van der Waals surface area contributed by atoms with E-state index in [1.165, 1.54) is 24.3 Å². The summed E-state index contributed by atoms with van der Waals surface area (Å²) >= 11 is 0. The number of likely N-dealkylation sites (tertiary alicyclic amines) is 1. The predicted octanol–water partition coefficient (Wildman–Crippen LogP) is -1.79. The van der Waals surface area contributed by atoms with Gasteiger partial charge in [0.15, 0.2) is 0 Å². The minimum atomic E-state index is -1.39. The molecule has 13 nitrogen and oxygen atoms in total. The van der Waals surface area contributed by atoms with Crippen LogP contribution in [-0.4, -0.2) is 85.5 Å². The fourth-order valence-corrected chi connectivity index (χ4v) is 3.42. The maximum atomic E-state index is 13.2. The summed E-state index contributed by atoms with van der Waals surface area (Å²) in [6.07, 6.45) is 3.13. The topological polar surface area (TPSA) is 208 Å². The van der Waals surface area contributed by atoms with Crippen molar-refractivity contribution in [3.8, 4) is 0 Å². The van der Waals surface area contributed by atoms with Crippen molar-refractivity contribution in [2.75, 3.05) is 6.54 Å². The largest absolute Gasteiger partial charge is 0.481 e. The van der Waals surface area contributed by atoms with Crippen LogP contribution in [0.2, 0.25) is 0 Å². The summed E-state index contributed by atoms with van der Waals surface area (Å²) in [5.74, 6) is -4.29. The van der Waals surface area contributed by atoms with Gasteiger partial charge in [0.05, 0.1) is 12.4 Å². The summed E-state index contributed by atoms with van der Waals surface area (Å²) in [4.78, 5) is 68.3. The number of hydrogen-bond acceptors (Lipinski definition) is 7. The first-order valence-corrected chi connectivity index (χ1v) is 10.2. The second-order valence-corrected chi connectivity index (χ2v) is 7.65. The number of nitrogens with two attached hydrogens (primary N) is 1. The number of aromatic nitrogens is 2. The highest BCUT2D eigenvalue weighted by molar-refractivity contribution is 5.94. The Balaban J connectivity index is 2.14. The van der Waals surface area contributed by atoms with Gasteiger partial charge in [-0.15, -0.1) is 0 Å². The number of aliphatic carboxylic acids is 2. The smallest absolute Gasteiger partial charge is 0.326 e. The Labute approximate surface area is 183 Å². The van der Waals surface area contributed by atoms with Gasteiger partial charge in [-0.05, 0) is 26.2 Å². The van der Waals surface area contributed by atoms with Gasteiger partial charge < -0.3 is 36.5 Å². The third-order valence-electron chi connectivity index (χ3n) is 5.11. The molecule has 1 saturated heterocycles. The Morgan fingerprint density at radius 1 is 1.25 bits per heavy atom. The molecule has 4 unspecified atom stereocenters. The summed E-state index contributed by atoms with van der Waals surface area (Å²) in [7, 11) is 0. The van der Waals surface area contributed by atoms with Gasteiger partial charge in [0.25, 0.3) is 0 Å². The second-order valence-electron chi connectivity index (χ2n) is 7.65. The molecule has 0 spiro atoms. The summed E-state index contributed by atoms with van der Waals surface area (Å²) in [5.41, 5.74) is 6.19. The van der Waals surface area contributed by atoms with Gasteiger partial charge in [0, 0.05) is 31.3 Å². The molecule has 7 N–H and O–H groups in total. The molecular formula is C19H28N6O7. The number of carbonyl (C=O) groups excluding carboxylic acids is 3. The van der Waals surface area contributed by atoms with Crippen molar-refractivity contribution in [3.05, 3.63) is 18.2 Å². The number of hydrogen-bond donors (Lipinski definition) is 6. The minimum Gasteiger partial charge on any atom is -0.481 e. The fourth-order valence-electron chi connectivity index (χ4n) is 3.42. The Kier molecular flexibility index (Phi) is 8.70. The van der Waals surface area contributed by atoms with Crippen LogP contribution in [0.5, 0.6) is 0 Å². The van der Waals surface area contributed by atoms with Crippen molar-refractivity contribution in [3.63, 3.8) is 0 Å². The van der Waals surface area contributed by atoms with Crippen LogP contribution in [0.3, 0.4) is 0 Å². The molecule has 1 aromatic rings. The number of carboxylic acids is 2. The molecule has 0 aliphatic carbocycles. The summed E-state index contributed by atoms with van der Waals surface area (Å²) < 4.78 is 0. The van der Waals surface area contributed by atoms with Crippen molar-refractivity contribution < 1.29 is 34.2 Å². The number of imidazole rings is 1. The van der Waals surface area contributed by atoms with Gasteiger partial charge in [0.2, 0.25) is 17.7 Å². The molecule has 0 bridgehead atoms. The summed E-state index contributed by atoms with van der Waals surface area (Å²) in [5, 5.41) is 23.0. The normalized spacial score (nSPS) is 18.4. The van der Waals surface area contributed by atoms with E-state index in [-0.39, 0.29) is 19.4 Å². The lowest BCUT2D eigenvalue weighted by molar-refractivity contribution is -0.145. The van der Waals surface area contributed by atoms with Gasteiger partial charge in [0.1, 0.15) is 18.1 Å². The van der Waals surface area contributed by atoms with Crippen molar-refractivity contribution in [1.82, 2.24) is 25.5 Å². The molecule has 0 aromatic carbocycles. The average Bonchev–Trinajstić information content (AvgIpc) is 3.41. The lowest BCUT2D eigenvalue weighted by atomic mass is 10.1. The number of carbonyl (C=O) groups is 5. The highest BCUT2D eigenvalue weighted by atomic mass is 16.4. The first-order chi connectivity index (χ1) is 15.1. The van der Waals surface area contributed by atoms with Gasteiger partial charge >= 0.3 is 11.9 Å². The molecule has 176 valence electrons. The van der Waals surface area contributed by atoms with Crippen LogP contribution in [0.25, 0.3) is 0 Å². The third kappa shape index (κ3) is 6.77. The van der Waals surface area contributed by atoms with Crippen LogP contribution >= 0.6 is 0 Å². The van der Waals surface area contributed by atoms with Gasteiger partial charge in [-0.1, -0.05) is 0 Å². The molecule has 4 atom stereocenters.